The maximum Gasteiger partial charge on any atom is 0.149 e. The Labute approximate surface area is 172 Å². The van der Waals surface area contributed by atoms with Gasteiger partial charge in [-0.15, -0.1) is 0 Å². The number of hydrogen-bond donors (Lipinski definition) is 0. The second-order valence-corrected chi connectivity index (χ2v) is 10.6. The molecule has 3 aromatic carbocycles. The molecule has 0 fully saturated rings. The minimum Gasteiger partial charge on any atom is -0.313 e. The number of nitrogens with zero attached hydrogens (tertiary/aromatic N) is 1. The molecular weight excluding hydrogens is 373 g/mol. The van der Waals surface area contributed by atoms with Crippen molar-refractivity contribution in [3.8, 4) is 0 Å². The summed E-state index contributed by atoms with van der Waals surface area (Å²) in [7, 11) is -2.85. The van der Waals surface area contributed by atoms with Crippen LogP contribution in [0.5, 0.6) is 0 Å². The molecule has 1 aromatic heterocycles. The number of aromatic nitrogens is 1. The molecule has 144 valence electrons. The zero-order valence-electron chi connectivity index (χ0n) is 16.4. The van der Waals surface area contributed by atoms with Crippen LogP contribution in [0.4, 0.5) is 0 Å². The Kier molecular flexibility index (Phi) is 4.81. The molecule has 0 saturated carbocycles. The Hall–Kier alpha value is -2.70. The van der Waals surface area contributed by atoms with Gasteiger partial charge in [0.05, 0.1) is 11.9 Å². The van der Waals surface area contributed by atoms with Crippen molar-refractivity contribution in [3.05, 3.63) is 102 Å². The molecule has 3 heteroatoms. The summed E-state index contributed by atoms with van der Waals surface area (Å²) in [6.45, 7) is 0. The van der Waals surface area contributed by atoms with Crippen molar-refractivity contribution < 1.29 is 4.57 Å². The lowest BCUT2D eigenvalue weighted by Gasteiger charge is -2.23. The third-order valence-corrected chi connectivity index (χ3v) is 9.00. The highest BCUT2D eigenvalue weighted by Gasteiger charge is 2.30. The minimum absolute atomic E-state index is 0.453. The van der Waals surface area contributed by atoms with E-state index in [0.717, 1.165) is 34.5 Å². The van der Waals surface area contributed by atoms with Gasteiger partial charge in [-0.25, -0.2) is 0 Å². The second-order valence-electron chi connectivity index (χ2n) is 7.81. The Morgan fingerprint density at radius 3 is 1.90 bits per heavy atom. The van der Waals surface area contributed by atoms with Gasteiger partial charge in [0.1, 0.15) is 7.14 Å². The van der Waals surface area contributed by atoms with Crippen LogP contribution in [-0.2, 0) is 23.6 Å². The van der Waals surface area contributed by atoms with Crippen LogP contribution in [0.15, 0.2) is 84.9 Å². The average molecular weight is 397 g/mol. The van der Waals surface area contributed by atoms with Crippen molar-refractivity contribution in [2.75, 3.05) is 0 Å². The number of benzene rings is 3. The van der Waals surface area contributed by atoms with Gasteiger partial charge in [0.25, 0.3) is 0 Å². The molecule has 0 saturated heterocycles. The van der Waals surface area contributed by atoms with Gasteiger partial charge in [-0.3, -0.25) is 4.98 Å². The van der Waals surface area contributed by atoms with Crippen LogP contribution in [0.25, 0.3) is 10.8 Å². The minimum atomic E-state index is -2.85. The van der Waals surface area contributed by atoms with Crippen molar-refractivity contribution >= 4 is 28.5 Å². The van der Waals surface area contributed by atoms with Crippen LogP contribution in [0.2, 0.25) is 0 Å². The summed E-state index contributed by atoms with van der Waals surface area (Å²) >= 11 is 0. The Balaban J connectivity index is 1.71. The van der Waals surface area contributed by atoms with Crippen LogP contribution >= 0.6 is 7.14 Å². The first-order chi connectivity index (χ1) is 14.3. The lowest BCUT2D eigenvalue weighted by molar-refractivity contribution is 0.586. The molecule has 0 radical (unpaired) electrons. The normalized spacial score (nSPS) is 13.9. The SMILES string of the molecule is O=P(Cc1nc2c(c3ccccc13)CCCC2)(c1ccccc1)c1ccccc1. The van der Waals surface area contributed by atoms with E-state index in [1.54, 1.807) is 0 Å². The van der Waals surface area contributed by atoms with E-state index >= 15 is 0 Å². The quantitative estimate of drug-likeness (QED) is 0.418. The van der Waals surface area contributed by atoms with Crippen molar-refractivity contribution in [2.45, 2.75) is 31.8 Å². The molecule has 4 aromatic rings. The third kappa shape index (κ3) is 3.32. The van der Waals surface area contributed by atoms with Crippen LogP contribution < -0.4 is 10.6 Å². The molecule has 0 N–H and O–H groups in total. The van der Waals surface area contributed by atoms with E-state index in [9.17, 15) is 4.57 Å². The van der Waals surface area contributed by atoms with Gasteiger partial charge in [0, 0.05) is 21.7 Å². The maximum atomic E-state index is 14.6. The highest BCUT2D eigenvalue weighted by molar-refractivity contribution is 7.78. The van der Waals surface area contributed by atoms with E-state index in [-0.39, 0.29) is 0 Å². The van der Waals surface area contributed by atoms with E-state index in [2.05, 4.69) is 24.3 Å². The van der Waals surface area contributed by atoms with Gasteiger partial charge in [-0.05, 0) is 36.6 Å². The van der Waals surface area contributed by atoms with Crippen molar-refractivity contribution in [2.24, 2.45) is 0 Å². The van der Waals surface area contributed by atoms with E-state index in [4.69, 9.17) is 4.98 Å². The molecule has 0 bridgehead atoms. The highest BCUT2D eigenvalue weighted by Crippen LogP contribution is 2.48. The number of hydrogen-bond acceptors (Lipinski definition) is 2. The summed E-state index contributed by atoms with van der Waals surface area (Å²) in [5.74, 6) is 0. The Bertz CT molecular complexity index is 1160. The highest BCUT2D eigenvalue weighted by atomic mass is 31.2. The Morgan fingerprint density at radius 1 is 0.690 bits per heavy atom. The van der Waals surface area contributed by atoms with Crippen LogP contribution in [0.3, 0.4) is 0 Å². The molecular formula is C26H24NOP. The Morgan fingerprint density at radius 2 is 1.24 bits per heavy atom. The smallest absolute Gasteiger partial charge is 0.149 e. The van der Waals surface area contributed by atoms with Gasteiger partial charge in [-0.2, -0.15) is 0 Å². The van der Waals surface area contributed by atoms with Crippen molar-refractivity contribution in [1.29, 1.82) is 0 Å². The zero-order chi connectivity index (χ0) is 19.7. The molecule has 1 aliphatic carbocycles. The van der Waals surface area contributed by atoms with Gasteiger partial charge in [0.15, 0.2) is 0 Å². The van der Waals surface area contributed by atoms with E-state index in [1.165, 1.54) is 29.5 Å². The number of fused-ring (bicyclic) bond motifs is 3. The zero-order valence-corrected chi connectivity index (χ0v) is 17.3. The molecule has 0 aliphatic heterocycles. The van der Waals surface area contributed by atoms with Gasteiger partial charge in [0.2, 0.25) is 0 Å². The van der Waals surface area contributed by atoms with Gasteiger partial charge in [-0.1, -0.05) is 84.9 Å². The summed E-state index contributed by atoms with van der Waals surface area (Å²) in [6.07, 6.45) is 4.98. The molecule has 1 aliphatic rings. The molecule has 2 nitrogen and oxygen atoms in total. The van der Waals surface area contributed by atoms with Crippen LogP contribution in [0, 0.1) is 0 Å². The predicted molar refractivity (Wildman–Crippen MR) is 122 cm³/mol. The van der Waals surface area contributed by atoms with Crippen molar-refractivity contribution in [1.82, 2.24) is 4.98 Å². The van der Waals surface area contributed by atoms with Gasteiger partial charge < -0.3 is 4.57 Å². The maximum absolute atomic E-state index is 14.6. The molecule has 0 atom stereocenters. The first-order valence-corrected chi connectivity index (χ1v) is 12.2. The summed E-state index contributed by atoms with van der Waals surface area (Å²) in [6, 6.07) is 28.4. The molecule has 5 rings (SSSR count). The number of aryl methyl sites for hydroxylation is 2. The van der Waals surface area contributed by atoms with Crippen LogP contribution in [0.1, 0.15) is 29.8 Å². The lowest BCUT2D eigenvalue weighted by Crippen LogP contribution is -2.19. The average Bonchev–Trinajstić information content (AvgIpc) is 2.80. The van der Waals surface area contributed by atoms with E-state index in [1.807, 2.05) is 60.7 Å². The predicted octanol–water partition coefficient (Wildman–Crippen LogP) is 5.63. The lowest BCUT2D eigenvalue weighted by atomic mass is 9.91. The fourth-order valence-corrected chi connectivity index (χ4v) is 7.16. The largest absolute Gasteiger partial charge is 0.313 e. The molecule has 0 amide bonds. The fraction of sp³-hybridized carbons (Fsp3) is 0.192. The standard InChI is InChI=1S/C26H24NOP/c28-29(20-11-3-1-4-12-20,21-13-5-2-6-14-21)19-26-24-17-8-7-15-22(24)23-16-9-10-18-25(23)27-26/h1-8,11-15,17H,9-10,16,18-19H2. The first-order valence-electron chi connectivity index (χ1n) is 10.4. The molecule has 29 heavy (non-hydrogen) atoms. The second kappa shape index (κ2) is 7.61. The summed E-state index contributed by atoms with van der Waals surface area (Å²) < 4.78 is 14.6. The fourth-order valence-electron chi connectivity index (χ4n) is 4.52. The van der Waals surface area contributed by atoms with E-state index in [0.29, 0.717) is 6.16 Å². The van der Waals surface area contributed by atoms with Crippen LogP contribution in [-0.4, -0.2) is 4.98 Å². The number of rotatable bonds is 4. The first kappa shape index (κ1) is 18.3. The van der Waals surface area contributed by atoms with Crippen molar-refractivity contribution in [3.63, 3.8) is 0 Å². The molecule has 0 spiro atoms. The summed E-state index contributed by atoms with van der Waals surface area (Å²) in [5, 5.41) is 4.24. The topological polar surface area (TPSA) is 30.0 Å². The van der Waals surface area contributed by atoms with E-state index < -0.39 is 7.14 Å². The summed E-state index contributed by atoms with van der Waals surface area (Å²) in [5.41, 5.74) is 3.57. The number of pyridine rings is 1. The van der Waals surface area contributed by atoms with Gasteiger partial charge >= 0.3 is 0 Å². The monoisotopic (exact) mass is 397 g/mol. The molecule has 0 unspecified atom stereocenters. The summed E-state index contributed by atoms with van der Waals surface area (Å²) in [4.78, 5) is 5.11. The third-order valence-electron chi connectivity index (χ3n) is 5.99. The molecule has 1 heterocycles.